The third kappa shape index (κ3) is 3.23. The fraction of sp³-hybridized carbons (Fsp3) is 0.150. The van der Waals surface area contributed by atoms with Gasteiger partial charge in [0.05, 0.1) is 0 Å². The Hall–Kier alpha value is -3.35. The molecule has 138 valence electrons. The van der Waals surface area contributed by atoms with Crippen molar-refractivity contribution in [1.29, 1.82) is 0 Å². The maximum Gasteiger partial charge on any atom is 0.254 e. The average molecular weight is 371 g/mol. The fourth-order valence-corrected chi connectivity index (χ4v) is 2.94. The van der Waals surface area contributed by atoms with Crippen molar-refractivity contribution in [1.82, 2.24) is 0 Å². The van der Waals surface area contributed by atoms with E-state index in [1.54, 1.807) is 0 Å². The van der Waals surface area contributed by atoms with Crippen molar-refractivity contribution in [3.63, 3.8) is 0 Å². The van der Waals surface area contributed by atoms with Gasteiger partial charge in [0.1, 0.15) is 24.6 Å². The zero-order chi connectivity index (χ0) is 19.0. The van der Waals surface area contributed by atoms with E-state index in [0.29, 0.717) is 11.5 Å². The largest absolute Gasteiger partial charge is 0.486 e. The number of benzene rings is 3. The van der Waals surface area contributed by atoms with E-state index in [1.807, 2.05) is 36.4 Å². The summed E-state index contributed by atoms with van der Waals surface area (Å²) in [7, 11) is 0. The van der Waals surface area contributed by atoms with Crippen molar-refractivity contribution in [2.24, 2.45) is 5.73 Å². The number of hydrogen-bond acceptors (Lipinski definition) is 4. The van der Waals surface area contributed by atoms with E-state index in [2.05, 4.69) is 0 Å². The molecule has 27 heavy (non-hydrogen) atoms. The van der Waals surface area contributed by atoms with Crippen LogP contribution in [-0.4, -0.2) is 25.2 Å². The molecule has 0 aliphatic carbocycles. The first kappa shape index (κ1) is 17.1. The number of primary amides is 1. The minimum atomic E-state index is -1.20. The van der Waals surface area contributed by atoms with Crippen molar-refractivity contribution in [2.45, 2.75) is 6.10 Å². The number of amides is 1. The zero-order valence-electron chi connectivity index (χ0n) is 14.1. The molecule has 7 heteroatoms. The number of rotatable bonds is 4. The molecule has 0 spiro atoms. The highest BCUT2D eigenvalue weighted by Crippen LogP contribution is 2.36. The number of nitrogens with two attached hydrogens (primary N) is 1. The molecule has 0 fully saturated rings. The molecule has 1 atom stereocenters. The Bertz CT molecular complexity index is 1040. The zero-order valence-corrected chi connectivity index (χ0v) is 14.1. The van der Waals surface area contributed by atoms with Gasteiger partial charge in [0.25, 0.3) is 5.91 Å². The highest BCUT2D eigenvalue weighted by Gasteiger charge is 2.24. The first-order chi connectivity index (χ1) is 13.0. The van der Waals surface area contributed by atoms with Crippen LogP contribution in [0, 0.1) is 11.6 Å². The lowest BCUT2D eigenvalue weighted by Crippen LogP contribution is -2.34. The van der Waals surface area contributed by atoms with Gasteiger partial charge in [-0.05, 0) is 35.0 Å². The van der Waals surface area contributed by atoms with Gasteiger partial charge in [-0.3, -0.25) is 4.79 Å². The second-order valence-electron chi connectivity index (χ2n) is 6.11. The quantitative estimate of drug-likeness (QED) is 0.763. The van der Waals surface area contributed by atoms with Crippen LogP contribution in [0.3, 0.4) is 0 Å². The van der Waals surface area contributed by atoms with E-state index < -0.39 is 29.2 Å². The fourth-order valence-electron chi connectivity index (χ4n) is 2.94. The van der Waals surface area contributed by atoms with Crippen molar-refractivity contribution in [2.75, 3.05) is 13.2 Å². The van der Waals surface area contributed by atoms with Crippen molar-refractivity contribution in [3.05, 3.63) is 65.7 Å². The topological polar surface area (TPSA) is 70.8 Å². The Morgan fingerprint density at radius 1 is 1.11 bits per heavy atom. The van der Waals surface area contributed by atoms with Crippen LogP contribution < -0.4 is 19.9 Å². The molecule has 0 saturated heterocycles. The summed E-state index contributed by atoms with van der Waals surface area (Å²) in [5.74, 6) is -2.47. The molecule has 1 heterocycles. The second-order valence-corrected chi connectivity index (χ2v) is 6.11. The average Bonchev–Trinajstić information content (AvgIpc) is 2.65. The molecule has 0 saturated carbocycles. The monoisotopic (exact) mass is 371 g/mol. The van der Waals surface area contributed by atoms with Crippen LogP contribution in [0.5, 0.6) is 17.2 Å². The standard InChI is InChI=1S/C20H15F2NO4/c21-14-5-6-15(19(22)18(14)20(23)24)25-9-13-10-26-16-7-11-3-1-2-4-12(11)8-17(16)27-13/h1-8,13H,9-10H2,(H2,23,24). The van der Waals surface area contributed by atoms with Gasteiger partial charge in [0.2, 0.25) is 0 Å². The van der Waals surface area contributed by atoms with Gasteiger partial charge in [-0.25, -0.2) is 8.78 Å². The Kier molecular flexibility index (Phi) is 4.27. The lowest BCUT2D eigenvalue weighted by atomic mass is 10.1. The maximum atomic E-state index is 14.2. The van der Waals surface area contributed by atoms with Gasteiger partial charge in [-0.1, -0.05) is 24.3 Å². The predicted octanol–water partition coefficient (Wildman–Crippen LogP) is 3.44. The van der Waals surface area contributed by atoms with E-state index in [0.717, 1.165) is 22.9 Å². The van der Waals surface area contributed by atoms with E-state index in [-0.39, 0.29) is 19.0 Å². The second kappa shape index (κ2) is 6.75. The summed E-state index contributed by atoms with van der Waals surface area (Å²) < 4.78 is 44.7. The molecule has 1 amide bonds. The summed E-state index contributed by atoms with van der Waals surface area (Å²) in [6, 6.07) is 13.6. The van der Waals surface area contributed by atoms with Crippen LogP contribution >= 0.6 is 0 Å². The summed E-state index contributed by atoms with van der Waals surface area (Å²) >= 11 is 0. The van der Waals surface area contributed by atoms with E-state index in [1.165, 1.54) is 0 Å². The third-order valence-electron chi connectivity index (χ3n) is 4.26. The number of halogens is 2. The van der Waals surface area contributed by atoms with Gasteiger partial charge in [0.15, 0.2) is 29.2 Å². The molecule has 1 unspecified atom stereocenters. The van der Waals surface area contributed by atoms with Crippen molar-refractivity contribution in [3.8, 4) is 17.2 Å². The number of ether oxygens (including phenoxy) is 3. The molecule has 2 N–H and O–H groups in total. The van der Waals surface area contributed by atoms with Crippen LogP contribution in [0.25, 0.3) is 10.8 Å². The lowest BCUT2D eigenvalue weighted by molar-refractivity contribution is 0.0525. The minimum Gasteiger partial charge on any atom is -0.486 e. The Morgan fingerprint density at radius 3 is 2.52 bits per heavy atom. The molecule has 1 aliphatic rings. The summed E-state index contributed by atoms with van der Waals surface area (Å²) in [5, 5.41) is 2.03. The minimum absolute atomic E-state index is 0.0486. The molecule has 3 aromatic carbocycles. The Balaban J connectivity index is 1.50. The molecule has 1 aliphatic heterocycles. The number of carbonyl (C=O) groups excluding carboxylic acids is 1. The Morgan fingerprint density at radius 2 is 1.81 bits per heavy atom. The number of fused-ring (bicyclic) bond motifs is 2. The molecule has 0 radical (unpaired) electrons. The first-order valence-electron chi connectivity index (χ1n) is 8.26. The summed E-state index contributed by atoms with van der Waals surface area (Å²) in [5.41, 5.74) is 4.17. The number of hydrogen-bond donors (Lipinski definition) is 1. The van der Waals surface area contributed by atoms with Crippen LogP contribution in [0.2, 0.25) is 0 Å². The first-order valence-corrected chi connectivity index (χ1v) is 8.26. The van der Waals surface area contributed by atoms with E-state index >= 15 is 0 Å². The highest BCUT2D eigenvalue weighted by atomic mass is 19.1. The highest BCUT2D eigenvalue weighted by molar-refractivity contribution is 5.93. The van der Waals surface area contributed by atoms with Crippen LogP contribution in [0.1, 0.15) is 10.4 Å². The van der Waals surface area contributed by atoms with Crippen LogP contribution in [0.4, 0.5) is 8.78 Å². The number of carbonyl (C=O) groups is 1. The summed E-state index contributed by atoms with van der Waals surface area (Å²) in [6.45, 7) is 0.157. The SMILES string of the molecule is NC(=O)c1c(F)ccc(OCC2COc3cc4ccccc4cc3O2)c1F. The molecular weight excluding hydrogens is 356 g/mol. The maximum absolute atomic E-state index is 14.2. The summed E-state index contributed by atoms with van der Waals surface area (Å²) in [6.07, 6.45) is -0.500. The molecule has 3 aromatic rings. The van der Waals surface area contributed by atoms with Gasteiger partial charge < -0.3 is 19.9 Å². The normalized spacial score (nSPS) is 15.6. The lowest BCUT2D eigenvalue weighted by Gasteiger charge is -2.27. The van der Waals surface area contributed by atoms with Crippen molar-refractivity contribution < 1.29 is 27.8 Å². The van der Waals surface area contributed by atoms with Crippen molar-refractivity contribution >= 4 is 16.7 Å². The molecule has 4 rings (SSSR count). The van der Waals surface area contributed by atoms with E-state index in [4.69, 9.17) is 19.9 Å². The van der Waals surface area contributed by atoms with Gasteiger partial charge >= 0.3 is 0 Å². The van der Waals surface area contributed by atoms with Crippen LogP contribution in [-0.2, 0) is 0 Å². The van der Waals surface area contributed by atoms with Gasteiger partial charge in [-0.2, -0.15) is 0 Å². The smallest absolute Gasteiger partial charge is 0.254 e. The molecule has 0 aromatic heterocycles. The third-order valence-corrected chi connectivity index (χ3v) is 4.26. The molecular formula is C20H15F2NO4. The van der Waals surface area contributed by atoms with Crippen LogP contribution in [0.15, 0.2) is 48.5 Å². The molecule has 0 bridgehead atoms. The molecule has 5 nitrogen and oxygen atoms in total. The Labute approximate surface area is 153 Å². The predicted molar refractivity (Wildman–Crippen MR) is 94.2 cm³/mol. The summed E-state index contributed by atoms with van der Waals surface area (Å²) in [4.78, 5) is 11.2. The van der Waals surface area contributed by atoms with E-state index in [9.17, 15) is 13.6 Å². The van der Waals surface area contributed by atoms with Gasteiger partial charge in [0, 0.05) is 0 Å². The van der Waals surface area contributed by atoms with Gasteiger partial charge in [-0.15, -0.1) is 0 Å².